The van der Waals surface area contributed by atoms with Crippen molar-refractivity contribution in [1.82, 2.24) is 19.7 Å². The highest BCUT2D eigenvalue weighted by Gasteiger charge is 2.18. The van der Waals surface area contributed by atoms with Crippen LogP contribution in [0.1, 0.15) is 5.56 Å². The second-order valence-electron chi connectivity index (χ2n) is 6.56. The number of aromatic nitrogens is 4. The molecule has 2 aromatic heterocycles. The van der Waals surface area contributed by atoms with E-state index in [-0.39, 0.29) is 10.2 Å². The molecule has 3 N–H and O–H groups in total. The maximum atomic E-state index is 11.4. The summed E-state index contributed by atoms with van der Waals surface area (Å²) in [4.78, 5) is 8.69. The van der Waals surface area contributed by atoms with E-state index in [0.717, 1.165) is 11.1 Å². The molecule has 2 heterocycles. The van der Waals surface area contributed by atoms with Gasteiger partial charge in [0.2, 0.25) is 15.3 Å². The molecule has 0 amide bonds. The standard InChI is InChI=1S/C19H16Cl2N6O2S/c1-27-18-15(16(26-27)12-3-2-4-13(20)9-12)17(24-19(21)25-18)23-10-11-5-7-14(8-6-11)30(22,28)29/h2-9H,10H2,1H3,(H2,22,28,29)(H,23,24,25). The number of fused-ring (bicyclic) bond motifs is 1. The van der Waals surface area contributed by atoms with Gasteiger partial charge in [0.15, 0.2) is 5.65 Å². The van der Waals surface area contributed by atoms with E-state index < -0.39 is 10.0 Å². The number of primary sulfonamides is 1. The van der Waals surface area contributed by atoms with E-state index in [1.165, 1.54) is 12.1 Å². The van der Waals surface area contributed by atoms with Crippen molar-refractivity contribution < 1.29 is 8.42 Å². The molecule has 0 saturated carbocycles. The van der Waals surface area contributed by atoms with Crippen LogP contribution in [0.4, 0.5) is 5.82 Å². The van der Waals surface area contributed by atoms with E-state index in [0.29, 0.717) is 34.1 Å². The number of benzene rings is 2. The van der Waals surface area contributed by atoms with Gasteiger partial charge >= 0.3 is 0 Å². The summed E-state index contributed by atoms with van der Waals surface area (Å²) < 4.78 is 24.5. The zero-order chi connectivity index (χ0) is 21.5. The van der Waals surface area contributed by atoms with Crippen LogP contribution in [0.25, 0.3) is 22.3 Å². The lowest BCUT2D eigenvalue weighted by Gasteiger charge is -2.09. The van der Waals surface area contributed by atoms with Gasteiger partial charge in [-0.15, -0.1) is 0 Å². The Hall–Kier alpha value is -2.72. The predicted octanol–water partition coefficient (Wildman–Crippen LogP) is 3.60. The normalized spacial score (nSPS) is 11.7. The predicted molar refractivity (Wildman–Crippen MR) is 117 cm³/mol. The summed E-state index contributed by atoms with van der Waals surface area (Å²) in [7, 11) is -1.97. The first-order valence-corrected chi connectivity index (χ1v) is 11.0. The van der Waals surface area contributed by atoms with Crippen molar-refractivity contribution in [3.63, 3.8) is 0 Å². The van der Waals surface area contributed by atoms with Crippen molar-refractivity contribution in [1.29, 1.82) is 0 Å². The molecular formula is C19H16Cl2N6O2S. The minimum absolute atomic E-state index is 0.0502. The van der Waals surface area contributed by atoms with Gasteiger partial charge in [0, 0.05) is 24.2 Å². The molecule has 154 valence electrons. The Morgan fingerprint density at radius 3 is 2.50 bits per heavy atom. The molecule has 30 heavy (non-hydrogen) atoms. The van der Waals surface area contributed by atoms with Crippen LogP contribution in [-0.4, -0.2) is 28.2 Å². The highest BCUT2D eigenvalue weighted by molar-refractivity contribution is 7.89. The zero-order valence-corrected chi connectivity index (χ0v) is 18.0. The Labute approximate surface area is 182 Å². The molecule has 11 heteroatoms. The van der Waals surface area contributed by atoms with Gasteiger partial charge in [-0.1, -0.05) is 35.9 Å². The van der Waals surface area contributed by atoms with Crippen LogP contribution in [0, 0.1) is 0 Å². The molecule has 0 unspecified atom stereocenters. The molecule has 0 bridgehead atoms. The SMILES string of the molecule is Cn1nc(-c2cccc(Cl)c2)c2c(NCc3ccc(S(N)(=O)=O)cc3)nc(Cl)nc21. The van der Waals surface area contributed by atoms with Crippen LogP contribution in [0.3, 0.4) is 0 Å². The number of rotatable bonds is 5. The van der Waals surface area contributed by atoms with Crippen molar-refractivity contribution in [2.45, 2.75) is 11.4 Å². The van der Waals surface area contributed by atoms with E-state index in [1.54, 1.807) is 29.9 Å². The van der Waals surface area contributed by atoms with Gasteiger partial charge in [0.1, 0.15) is 11.5 Å². The summed E-state index contributed by atoms with van der Waals surface area (Å²) in [5, 5.41) is 14.3. The number of hydrogen-bond acceptors (Lipinski definition) is 6. The first-order chi connectivity index (χ1) is 14.2. The smallest absolute Gasteiger partial charge is 0.238 e. The van der Waals surface area contributed by atoms with Gasteiger partial charge in [0.05, 0.1) is 10.3 Å². The molecule has 0 aliphatic carbocycles. The number of halogens is 2. The lowest BCUT2D eigenvalue weighted by atomic mass is 10.1. The fraction of sp³-hybridized carbons (Fsp3) is 0.105. The number of sulfonamides is 1. The molecule has 4 rings (SSSR count). The van der Waals surface area contributed by atoms with Crippen LogP contribution >= 0.6 is 23.2 Å². The fourth-order valence-corrected chi connectivity index (χ4v) is 3.94. The molecular weight excluding hydrogens is 447 g/mol. The average Bonchev–Trinajstić information content (AvgIpc) is 3.02. The third kappa shape index (κ3) is 4.10. The average molecular weight is 463 g/mol. The topological polar surface area (TPSA) is 116 Å². The first kappa shape index (κ1) is 20.5. The van der Waals surface area contributed by atoms with Crippen LogP contribution in [0.2, 0.25) is 10.3 Å². The maximum Gasteiger partial charge on any atom is 0.238 e. The minimum atomic E-state index is -3.74. The Balaban J connectivity index is 1.73. The Morgan fingerprint density at radius 2 is 1.83 bits per heavy atom. The van der Waals surface area contributed by atoms with Crippen molar-refractivity contribution in [2.24, 2.45) is 12.2 Å². The molecule has 0 fully saturated rings. The highest BCUT2D eigenvalue weighted by atomic mass is 35.5. The summed E-state index contributed by atoms with van der Waals surface area (Å²) in [6.45, 7) is 0.372. The molecule has 0 aliphatic rings. The van der Waals surface area contributed by atoms with E-state index in [1.807, 2.05) is 18.2 Å². The van der Waals surface area contributed by atoms with E-state index in [9.17, 15) is 8.42 Å². The van der Waals surface area contributed by atoms with E-state index in [2.05, 4.69) is 20.4 Å². The number of nitrogens with two attached hydrogens (primary N) is 1. The van der Waals surface area contributed by atoms with Gasteiger partial charge in [-0.05, 0) is 41.4 Å². The molecule has 0 atom stereocenters. The number of aryl methyl sites for hydroxylation is 1. The van der Waals surface area contributed by atoms with Gasteiger partial charge in [0.25, 0.3) is 0 Å². The van der Waals surface area contributed by atoms with Gasteiger partial charge < -0.3 is 5.32 Å². The van der Waals surface area contributed by atoms with Crippen molar-refractivity contribution in [2.75, 3.05) is 5.32 Å². The fourth-order valence-electron chi connectivity index (χ4n) is 3.07. The molecule has 2 aromatic carbocycles. The third-order valence-corrected chi connectivity index (χ3v) is 5.80. The second-order valence-corrected chi connectivity index (χ2v) is 8.90. The van der Waals surface area contributed by atoms with Gasteiger partial charge in [-0.2, -0.15) is 15.1 Å². The molecule has 8 nitrogen and oxygen atoms in total. The van der Waals surface area contributed by atoms with Crippen molar-refractivity contribution in [3.8, 4) is 11.3 Å². The minimum Gasteiger partial charge on any atom is -0.365 e. The monoisotopic (exact) mass is 462 g/mol. The molecule has 0 radical (unpaired) electrons. The summed E-state index contributed by atoms with van der Waals surface area (Å²) >= 11 is 12.3. The quantitative estimate of drug-likeness (QED) is 0.437. The Kier molecular flexibility index (Phi) is 5.37. The number of hydrogen-bond donors (Lipinski definition) is 2. The summed E-state index contributed by atoms with van der Waals surface area (Å²) in [5.41, 5.74) is 2.88. The summed E-state index contributed by atoms with van der Waals surface area (Å²) in [6, 6.07) is 13.6. The summed E-state index contributed by atoms with van der Waals surface area (Å²) in [6.07, 6.45) is 0. The molecule has 0 spiro atoms. The van der Waals surface area contributed by atoms with Gasteiger partial charge in [-0.3, -0.25) is 0 Å². The number of nitrogens with zero attached hydrogens (tertiary/aromatic N) is 4. The zero-order valence-electron chi connectivity index (χ0n) is 15.7. The van der Waals surface area contributed by atoms with Crippen molar-refractivity contribution >= 4 is 50.1 Å². The van der Waals surface area contributed by atoms with Crippen LogP contribution < -0.4 is 10.5 Å². The Morgan fingerprint density at radius 1 is 1.10 bits per heavy atom. The third-order valence-electron chi connectivity index (χ3n) is 4.47. The first-order valence-electron chi connectivity index (χ1n) is 8.74. The Bertz CT molecular complexity index is 1350. The molecule has 0 saturated heterocycles. The molecule has 0 aliphatic heterocycles. The van der Waals surface area contributed by atoms with Crippen LogP contribution in [0.15, 0.2) is 53.4 Å². The maximum absolute atomic E-state index is 11.4. The summed E-state index contributed by atoms with van der Waals surface area (Å²) in [5.74, 6) is 0.503. The number of nitrogens with one attached hydrogen (secondary N) is 1. The van der Waals surface area contributed by atoms with E-state index >= 15 is 0 Å². The molecule has 4 aromatic rings. The van der Waals surface area contributed by atoms with Crippen LogP contribution in [0.5, 0.6) is 0 Å². The van der Waals surface area contributed by atoms with Gasteiger partial charge in [-0.25, -0.2) is 18.2 Å². The lowest BCUT2D eigenvalue weighted by molar-refractivity contribution is 0.598. The van der Waals surface area contributed by atoms with Crippen molar-refractivity contribution in [3.05, 3.63) is 64.4 Å². The number of anilines is 1. The lowest BCUT2D eigenvalue weighted by Crippen LogP contribution is -2.12. The second kappa shape index (κ2) is 7.84. The van der Waals surface area contributed by atoms with Crippen LogP contribution in [-0.2, 0) is 23.6 Å². The largest absolute Gasteiger partial charge is 0.365 e. The van der Waals surface area contributed by atoms with E-state index in [4.69, 9.17) is 28.3 Å². The highest BCUT2D eigenvalue weighted by Crippen LogP contribution is 2.33.